The number of hydrogen-bond acceptors (Lipinski definition) is 9. The van der Waals surface area contributed by atoms with Crippen LogP contribution in [0.3, 0.4) is 0 Å². The molecule has 2 aliphatic heterocycles. The number of carbonyl (C=O) groups is 4. The molecule has 3 heterocycles. The molecule has 276 valence electrons. The third-order valence-corrected chi connectivity index (χ3v) is 13.2. The van der Waals surface area contributed by atoms with Crippen molar-refractivity contribution >= 4 is 56.3 Å². The van der Waals surface area contributed by atoms with E-state index in [1.807, 2.05) is 19.1 Å². The number of nitrogens with one attached hydrogen (secondary N) is 3. The molecule has 0 spiro atoms. The van der Waals surface area contributed by atoms with Crippen LogP contribution >= 0.6 is 11.6 Å². The molecule has 14 nitrogen and oxygen atoms in total. The second-order valence-electron chi connectivity index (χ2n) is 14.7. The fourth-order valence-electron chi connectivity index (χ4n) is 7.23. The number of amides is 4. The molecule has 2 saturated carbocycles. The van der Waals surface area contributed by atoms with Gasteiger partial charge in [0.2, 0.25) is 27.7 Å². The van der Waals surface area contributed by atoms with E-state index in [0.29, 0.717) is 47.4 Å². The van der Waals surface area contributed by atoms with Crippen molar-refractivity contribution in [3.8, 4) is 11.6 Å². The minimum absolute atomic E-state index is 0.0217. The fraction of sp³-hybridized carbons (Fsp3) is 0.571. The van der Waals surface area contributed by atoms with Gasteiger partial charge in [-0.3, -0.25) is 19.1 Å². The van der Waals surface area contributed by atoms with Crippen molar-refractivity contribution in [2.45, 2.75) is 94.2 Å². The Bertz CT molecular complexity index is 1890. The maximum absolute atomic E-state index is 14.3. The molecular formula is C35H44ClN5O9S. The second-order valence-corrected chi connectivity index (χ2v) is 17.3. The summed E-state index contributed by atoms with van der Waals surface area (Å²) in [7, 11) is -2.48. The third kappa shape index (κ3) is 7.46. The van der Waals surface area contributed by atoms with Gasteiger partial charge in [-0.2, -0.15) is 0 Å². The number of rotatable bonds is 7. The number of sulfonamides is 1. The first-order chi connectivity index (χ1) is 24.1. The molecule has 2 aliphatic carbocycles. The number of pyridine rings is 1. The first-order valence-electron chi connectivity index (χ1n) is 17.2. The van der Waals surface area contributed by atoms with E-state index >= 15 is 0 Å². The second kappa shape index (κ2) is 13.8. The molecule has 4 aliphatic rings. The largest absolute Gasteiger partial charge is 0.497 e. The summed E-state index contributed by atoms with van der Waals surface area (Å²) in [6.45, 7) is 5.29. The lowest BCUT2D eigenvalue weighted by atomic mass is 9.88. The van der Waals surface area contributed by atoms with Crippen molar-refractivity contribution < 1.29 is 42.2 Å². The summed E-state index contributed by atoms with van der Waals surface area (Å²) in [4.78, 5) is 60.1. The molecule has 16 heteroatoms. The van der Waals surface area contributed by atoms with E-state index in [0.717, 1.165) is 6.42 Å². The summed E-state index contributed by atoms with van der Waals surface area (Å²) < 4.78 is 38.9. The van der Waals surface area contributed by atoms with Crippen LogP contribution in [0.25, 0.3) is 10.9 Å². The number of hydrogen-bond donors (Lipinski definition) is 4. The summed E-state index contributed by atoms with van der Waals surface area (Å²) in [5, 5.41) is 16.0. The van der Waals surface area contributed by atoms with Gasteiger partial charge in [0.05, 0.1) is 28.9 Å². The summed E-state index contributed by atoms with van der Waals surface area (Å²) in [5.74, 6) is -2.20. The SMILES string of the molecule is COc1ccc2c(Cl)cc(O[C@@H]3C[C@H]4C(=O)N[C@]5(C(=O)NS(=O)(=O)C6(C)CC6)C[C@H]5/C=C\CC[C@@H](C)C[C@@H](C)[C@H](NC(=O)O)C(=O)N4C3)nc2c1. The van der Waals surface area contributed by atoms with Gasteiger partial charge in [0.15, 0.2) is 0 Å². The number of benzene rings is 1. The van der Waals surface area contributed by atoms with Crippen LogP contribution in [0.15, 0.2) is 36.4 Å². The topological polar surface area (TPSA) is 193 Å². The smallest absolute Gasteiger partial charge is 0.405 e. The number of ether oxygens (including phenoxy) is 2. The molecule has 2 aromatic rings. The van der Waals surface area contributed by atoms with Gasteiger partial charge in [-0.25, -0.2) is 18.2 Å². The van der Waals surface area contributed by atoms with E-state index in [9.17, 15) is 32.7 Å². The lowest BCUT2D eigenvalue weighted by molar-refractivity contribution is -0.142. The Morgan fingerprint density at radius 3 is 2.59 bits per heavy atom. The molecule has 0 radical (unpaired) electrons. The maximum atomic E-state index is 14.3. The highest BCUT2D eigenvalue weighted by Crippen LogP contribution is 2.47. The molecule has 7 atom stereocenters. The van der Waals surface area contributed by atoms with Gasteiger partial charge in [-0.1, -0.05) is 37.6 Å². The highest BCUT2D eigenvalue weighted by atomic mass is 35.5. The highest BCUT2D eigenvalue weighted by Gasteiger charge is 2.63. The van der Waals surface area contributed by atoms with Gasteiger partial charge in [0.25, 0.3) is 5.91 Å². The minimum atomic E-state index is -4.00. The van der Waals surface area contributed by atoms with E-state index < -0.39 is 74.1 Å². The van der Waals surface area contributed by atoms with Crippen molar-refractivity contribution in [2.75, 3.05) is 13.7 Å². The Kier molecular flexibility index (Phi) is 9.92. The number of nitrogens with zero attached hydrogens (tertiary/aromatic N) is 2. The van der Waals surface area contributed by atoms with Crippen molar-refractivity contribution in [3.05, 3.63) is 41.4 Å². The standard InChI is InChI=1S/C35H44ClN5O9S/c1-19-7-5-6-8-21-17-35(21,32(44)40-51(47,48)34(3)11-12-34)39-30(42)27-15-23(18-41(27)31(43)29(20(2)13-19)38-33(45)46)50-28-16-25(36)24-10-9-22(49-4)14-26(24)37-28/h6,8-10,14,16,19-21,23,27,29,38H,5,7,11-13,15,17-18H2,1-4H3,(H,39,42)(H,40,44)(H,45,46)/b8-6-/t19-,20-,21-,23-,27+,29+,35-/m1/s1. The molecule has 4 amide bonds. The van der Waals surface area contributed by atoms with E-state index in [-0.39, 0.29) is 31.2 Å². The number of methoxy groups -OCH3 is 1. The van der Waals surface area contributed by atoms with Crippen LogP contribution in [-0.2, 0) is 24.4 Å². The van der Waals surface area contributed by atoms with Gasteiger partial charge in [-0.05, 0) is 69.4 Å². The average molecular weight is 746 g/mol. The van der Waals surface area contributed by atoms with E-state index in [1.54, 1.807) is 32.0 Å². The van der Waals surface area contributed by atoms with Crippen LogP contribution in [0, 0.1) is 17.8 Å². The van der Waals surface area contributed by atoms with Crippen molar-refractivity contribution in [1.29, 1.82) is 0 Å². The Morgan fingerprint density at radius 2 is 1.90 bits per heavy atom. The third-order valence-electron chi connectivity index (χ3n) is 10.8. The summed E-state index contributed by atoms with van der Waals surface area (Å²) >= 11 is 6.56. The Balaban J connectivity index is 1.33. The first kappa shape index (κ1) is 36.7. The lowest BCUT2D eigenvalue weighted by Gasteiger charge is -2.32. The molecular weight excluding hydrogens is 702 g/mol. The van der Waals surface area contributed by atoms with Crippen LogP contribution in [0.1, 0.15) is 65.7 Å². The predicted molar refractivity (Wildman–Crippen MR) is 188 cm³/mol. The molecule has 1 aromatic heterocycles. The van der Waals surface area contributed by atoms with Crippen molar-refractivity contribution in [1.82, 2.24) is 25.2 Å². The Morgan fingerprint density at radius 1 is 1.16 bits per heavy atom. The molecule has 1 aromatic carbocycles. The highest BCUT2D eigenvalue weighted by molar-refractivity contribution is 7.91. The first-order valence-corrected chi connectivity index (χ1v) is 19.1. The van der Waals surface area contributed by atoms with E-state index in [1.165, 1.54) is 18.1 Å². The molecule has 0 unspecified atom stereocenters. The van der Waals surface area contributed by atoms with Crippen LogP contribution < -0.4 is 24.8 Å². The van der Waals surface area contributed by atoms with Crippen molar-refractivity contribution in [3.63, 3.8) is 0 Å². The van der Waals surface area contributed by atoms with Crippen LogP contribution in [-0.4, -0.2) is 89.4 Å². The van der Waals surface area contributed by atoms with Gasteiger partial charge < -0.3 is 30.1 Å². The van der Waals surface area contributed by atoms with Crippen LogP contribution in [0.4, 0.5) is 4.79 Å². The Labute approximate surface area is 301 Å². The van der Waals surface area contributed by atoms with Gasteiger partial charge >= 0.3 is 6.09 Å². The maximum Gasteiger partial charge on any atom is 0.405 e. The average Bonchev–Trinajstić information content (AvgIpc) is 3.94. The van der Waals surface area contributed by atoms with E-state index in [4.69, 9.17) is 21.1 Å². The number of allylic oxidation sites excluding steroid dienone is 1. The van der Waals surface area contributed by atoms with Crippen LogP contribution in [0.2, 0.25) is 5.02 Å². The van der Waals surface area contributed by atoms with Gasteiger partial charge in [0, 0.05) is 29.9 Å². The molecule has 0 bridgehead atoms. The molecule has 6 rings (SSSR count). The number of carbonyl (C=O) groups excluding carboxylic acids is 3. The summed E-state index contributed by atoms with van der Waals surface area (Å²) in [5.41, 5.74) is -1.05. The number of carboxylic acid groups (broad SMARTS) is 1. The fourth-order valence-corrected chi connectivity index (χ4v) is 8.80. The monoisotopic (exact) mass is 745 g/mol. The number of aromatic nitrogens is 1. The summed E-state index contributed by atoms with van der Waals surface area (Å²) in [6, 6.07) is 4.40. The predicted octanol–water partition coefficient (Wildman–Crippen LogP) is 3.77. The molecule has 4 N–H and O–H groups in total. The zero-order chi connectivity index (χ0) is 36.9. The zero-order valence-corrected chi connectivity index (χ0v) is 30.6. The van der Waals surface area contributed by atoms with Gasteiger partial charge in [0.1, 0.15) is 29.5 Å². The van der Waals surface area contributed by atoms with Crippen molar-refractivity contribution in [2.24, 2.45) is 17.8 Å². The zero-order valence-electron chi connectivity index (χ0n) is 29.0. The molecule has 1 saturated heterocycles. The normalized spacial score (nSPS) is 31.2. The molecule has 3 fully saturated rings. The quantitative estimate of drug-likeness (QED) is 0.303. The minimum Gasteiger partial charge on any atom is -0.497 e. The van der Waals surface area contributed by atoms with Gasteiger partial charge in [-0.15, -0.1) is 0 Å². The molecule has 51 heavy (non-hydrogen) atoms. The Hall–Kier alpha value is -4.11. The number of halogens is 1. The van der Waals surface area contributed by atoms with E-state index in [2.05, 4.69) is 20.3 Å². The summed E-state index contributed by atoms with van der Waals surface area (Å²) in [6.07, 6.45) is 4.51. The lowest BCUT2D eigenvalue weighted by Crippen LogP contribution is -2.59. The number of fused-ring (bicyclic) bond motifs is 3. The van der Waals surface area contributed by atoms with Crippen LogP contribution in [0.5, 0.6) is 11.6 Å².